The van der Waals surface area contributed by atoms with E-state index in [9.17, 15) is 4.79 Å². The number of allylic oxidation sites excluding steroid dienone is 1. The molecule has 2 aromatic carbocycles. The molecule has 0 aliphatic carbocycles. The van der Waals surface area contributed by atoms with Gasteiger partial charge < -0.3 is 19.4 Å². The van der Waals surface area contributed by atoms with E-state index in [1.54, 1.807) is 7.11 Å². The van der Waals surface area contributed by atoms with Gasteiger partial charge in [-0.1, -0.05) is 24.3 Å². The Balaban J connectivity index is 1.80. The zero-order valence-corrected chi connectivity index (χ0v) is 17.1. The first kappa shape index (κ1) is 20.5. The molecule has 1 atom stereocenters. The Bertz CT molecular complexity index is 1010. The smallest absolute Gasteiger partial charge is 0.217 e. The standard InChI is InChI=1S/C23H27N3O3/c1-5-8-18-11-12-21(22(15-18)28-4)29-14-13-26-20-10-7-6-9-19(20)25-23(26)16(2)24-17(3)27/h5-7,9-12,15-16H,1,8,13-14H2,2-4H3,(H,24,27). The minimum Gasteiger partial charge on any atom is -0.493 e. The molecule has 0 aliphatic rings. The van der Waals surface area contributed by atoms with Crippen LogP contribution in [0.25, 0.3) is 11.0 Å². The van der Waals surface area contributed by atoms with Gasteiger partial charge in [0, 0.05) is 6.92 Å². The molecule has 1 amide bonds. The fraction of sp³-hybridized carbons (Fsp3) is 0.304. The van der Waals surface area contributed by atoms with Gasteiger partial charge in [0.05, 0.1) is 30.7 Å². The number of aromatic nitrogens is 2. The summed E-state index contributed by atoms with van der Waals surface area (Å²) in [5, 5.41) is 2.91. The third-order valence-corrected chi connectivity index (χ3v) is 4.67. The van der Waals surface area contributed by atoms with Crippen LogP contribution in [-0.4, -0.2) is 29.2 Å². The first-order chi connectivity index (χ1) is 14.0. The lowest BCUT2D eigenvalue weighted by atomic mass is 10.1. The molecule has 0 aliphatic heterocycles. The fourth-order valence-corrected chi connectivity index (χ4v) is 3.40. The number of amides is 1. The summed E-state index contributed by atoms with van der Waals surface area (Å²) in [5.41, 5.74) is 3.03. The number of hydrogen-bond donors (Lipinski definition) is 1. The maximum atomic E-state index is 11.5. The van der Waals surface area contributed by atoms with Crippen LogP contribution in [0.5, 0.6) is 11.5 Å². The maximum absolute atomic E-state index is 11.5. The van der Waals surface area contributed by atoms with Crippen LogP contribution < -0.4 is 14.8 Å². The lowest BCUT2D eigenvalue weighted by Crippen LogP contribution is -2.27. The Hall–Kier alpha value is -3.28. The lowest BCUT2D eigenvalue weighted by Gasteiger charge is -2.16. The van der Waals surface area contributed by atoms with Crippen molar-refractivity contribution >= 4 is 16.9 Å². The molecule has 0 saturated heterocycles. The van der Waals surface area contributed by atoms with E-state index in [2.05, 4.69) is 16.5 Å². The fourth-order valence-electron chi connectivity index (χ4n) is 3.40. The minimum atomic E-state index is -0.201. The number of para-hydroxylation sites is 2. The van der Waals surface area contributed by atoms with E-state index in [1.165, 1.54) is 6.92 Å². The largest absolute Gasteiger partial charge is 0.493 e. The number of ether oxygens (including phenoxy) is 2. The molecule has 6 nitrogen and oxygen atoms in total. The number of nitrogens with one attached hydrogen (secondary N) is 1. The van der Waals surface area contributed by atoms with Crippen LogP contribution in [-0.2, 0) is 17.8 Å². The molecule has 1 unspecified atom stereocenters. The highest BCUT2D eigenvalue weighted by Crippen LogP contribution is 2.29. The second-order valence-electron chi connectivity index (χ2n) is 6.86. The average Bonchev–Trinajstić information content (AvgIpc) is 3.07. The van der Waals surface area contributed by atoms with E-state index in [-0.39, 0.29) is 11.9 Å². The van der Waals surface area contributed by atoms with E-state index >= 15 is 0 Å². The molecule has 0 saturated carbocycles. The Morgan fingerprint density at radius 2 is 2.07 bits per heavy atom. The van der Waals surface area contributed by atoms with Crippen molar-refractivity contribution in [1.82, 2.24) is 14.9 Å². The molecule has 0 bridgehead atoms. The third-order valence-electron chi connectivity index (χ3n) is 4.67. The normalized spacial score (nSPS) is 11.8. The molecule has 1 N–H and O–H groups in total. The van der Waals surface area contributed by atoms with Gasteiger partial charge in [-0.3, -0.25) is 4.79 Å². The van der Waals surface area contributed by atoms with E-state index in [0.29, 0.717) is 24.7 Å². The molecule has 152 valence electrons. The van der Waals surface area contributed by atoms with Crippen LogP contribution >= 0.6 is 0 Å². The summed E-state index contributed by atoms with van der Waals surface area (Å²) in [5.74, 6) is 2.11. The Kier molecular flexibility index (Phi) is 6.54. The summed E-state index contributed by atoms with van der Waals surface area (Å²) >= 11 is 0. The molecular weight excluding hydrogens is 366 g/mol. The Morgan fingerprint density at radius 1 is 1.28 bits per heavy atom. The summed E-state index contributed by atoms with van der Waals surface area (Å²) in [6, 6.07) is 13.6. The van der Waals surface area contributed by atoms with Gasteiger partial charge in [0.1, 0.15) is 12.4 Å². The number of rotatable bonds is 9. The lowest BCUT2D eigenvalue weighted by molar-refractivity contribution is -0.119. The van der Waals surface area contributed by atoms with Crippen molar-refractivity contribution in [3.63, 3.8) is 0 Å². The van der Waals surface area contributed by atoms with Crippen LogP contribution in [0.15, 0.2) is 55.1 Å². The van der Waals surface area contributed by atoms with E-state index < -0.39 is 0 Å². The Labute approximate surface area is 171 Å². The molecule has 0 radical (unpaired) electrons. The highest BCUT2D eigenvalue weighted by Gasteiger charge is 2.17. The van der Waals surface area contributed by atoms with Gasteiger partial charge in [-0.2, -0.15) is 0 Å². The highest BCUT2D eigenvalue weighted by atomic mass is 16.5. The predicted molar refractivity (Wildman–Crippen MR) is 114 cm³/mol. The van der Waals surface area contributed by atoms with Crippen molar-refractivity contribution in [2.45, 2.75) is 32.9 Å². The van der Waals surface area contributed by atoms with Crippen molar-refractivity contribution in [2.75, 3.05) is 13.7 Å². The molecule has 6 heteroatoms. The number of imidazole rings is 1. The Morgan fingerprint density at radius 3 is 2.79 bits per heavy atom. The average molecular weight is 393 g/mol. The monoisotopic (exact) mass is 393 g/mol. The van der Waals surface area contributed by atoms with Crippen LogP contribution in [0.2, 0.25) is 0 Å². The summed E-state index contributed by atoms with van der Waals surface area (Å²) in [4.78, 5) is 16.2. The molecule has 0 fully saturated rings. The van der Waals surface area contributed by atoms with Crippen molar-refractivity contribution in [2.24, 2.45) is 0 Å². The number of benzene rings is 2. The van der Waals surface area contributed by atoms with Gasteiger partial charge in [0.2, 0.25) is 5.91 Å². The van der Waals surface area contributed by atoms with Gasteiger partial charge in [-0.05, 0) is 43.2 Å². The molecule has 3 aromatic rings. The van der Waals surface area contributed by atoms with Crippen molar-refractivity contribution < 1.29 is 14.3 Å². The molecule has 0 spiro atoms. The van der Waals surface area contributed by atoms with E-state index in [0.717, 1.165) is 28.8 Å². The maximum Gasteiger partial charge on any atom is 0.217 e. The van der Waals surface area contributed by atoms with Crippen molar-refractivity contribution in [3.05, 3.63) is 66.5 Å². The van der Waals surface area contributed by atoms with Gasteiger partial charge in [0.15, 0.2) is 11.5 Å². The van der Waals surface area contributed by atoms with E-state index in [4.69, 9.17) is 14.5 Å². The number of fused-ring (bicyclic) bond motifs is 1. The van der Waals surface area contributed by atoms with Gasteiger partial charge in [0.25, 0.3) is 0 Å². The van der Waals surface area contributed by atoms with Crippen molar-refractivity contribution in [3.8, 4) is 11.5 Å². The molecule has 3 rings (SSSR count). The highest BCUT2D eigenvalue weighted by molar-refractivity contribution is 5.77. The topological polar surface area (TPSA) is 65.4 Å². The molecule has 29 heavy (non-hydrogen) atoms. The summed E-state index contributed by atoms with van der Waals surface area (Å²) in [6.45, 7) is 8.25. The first-order valence-corrected chi connectivity index (χ1v) is 9.66. The van der Waals surface area contributed by atoms with Crippen LogP contribution in [0, 0.1) is 0 Å². The summed E-state index contributed by atoms with van der Waals surface area (Å²) in [7, 11) is 1.64. The quantitative estimate of drug-likeness (QED) is 0.557. The minimum absolute atomic E-state index is 0.0864. The number of hydrogen-bond acceptors (Lipinski definition) is 4. The predicted octanol–water partition coefficient (Wildman–Crippen LogP) is 4.05. The van der Waals surface area contributed by atoms with Gasteiger partial charge in [-0.25, -0.2) is 4.98 Å². The number of carbonyl (C=O) groups is 1. The summed E-state index contributed by atoms with van der Waals surface area (Å²) in [6.07, 6.45) is 2.64. The van der Waals surface area contributed by atoms with Gasteiger partial charge >= 0.3 is 0 Å². The zero-order valence-electron chi connectivity index (χ0n) is 17.1. The zero-order chi connectivity index (χ0) is 20.8. The van der Waals surface area contributed by atoms with Gasteiger partial charge in [-0.15, -0.1) is 6.58 Å². The van der Waals surface area contributed by atoms with Crippen molar-refractivity contribution in [1.29, 1.82) is 0 Å². The molecule has 1 aromatic heterocycles. The SMILES string of the molecule is C=CCc1ccc(OCCn2c(C(C)NC(C)=O)nc3ccccc32)c(OC)c1. The van der Waals surface area contributed by atoms with Crippen LogP contribution in [0.1, 0.15) is 31.3 Å². The first-order valence-electron chi connectivity index (χ1n) is 9.66. The number of carbonyl (C=O) groups excluding carboxylic acids is 1. The second kappa shape index (κ2) is 9.28. The summed E-state index contributed by atoms with van der Waals surface area (Å²) < 4.78 is 13.6. The third kappa shape index (κ3) is 4.77. The molecular formula is C23H27N3O3. The van der Waals surface area contributed by atoms with Crippen LogP contribution in [0.3, 0.4) is 0 Å². The van der Waals surface area contributed by atoms with E-state index in [1.807, 2.05) is 55.5 Å². The number of methoxy groups -OCH3 is 1. The number of nitrogens with zero attached hydrogens (tertiary/aromatic N) is 2. The van der Waals surface area contributed by atoms with Crippen LogP contribution in [0.4, 0.5) is 0 Å². The molecule has 1 heterocycles. The second-order valence-corrected chi connectivity index (χ2v) is 6.86.